The van der Waals surface area contributed by atoms with Crippen LogP contribution in [0.15, 0.2) is 0 Å². The number of carbonyl (C=O) groups is 2. The molecule has 0 heterocycles. The predicted octanol–water partition coefficient (Wildman–Crippen LogP) is 0.398. The zero-order chi connectivity index (χ0) is 12.7. The van der Waals surface area contributed by atoms with Crippen molar-refractivity contribution in [3.05, 3.63) is 0 Å². The topological polar surface area (TPSA) is 58.6 Å². The second-order valence-corrected chi connectivity index (χ2v) is 4.42. The van der Waals surface area contributed by atoms with Gasteiger partial charge < -0.3 is 15.0 Å². The molecular formula is C12H22N2O3. The molecule has 17 heavy (non-hydrogen) atoms. The highest BCUT2D eigenvalue weighted by Crippen LogP contribution is 2.25. The van der Waals surface area contributed by atoms with Gasteiger partial charge in [-0.3, -0.25) is 9.59 Å². The predicted molar refractivity (Wildman–Crippen MR) is 64.5 cm³/mol. The second kappa shape index (κ2) is 7.27. The molecule has 1 saturated carbocycles. The van der Waals surface area contributed by atoms with Crippen LogP contribution in [0.1, 0.15) is 26.2 Å². The fourth-order valence-corrected chi connectivity index (χ4v) is 1.76. The molecule has 5 heteroatoms. The molecule has 0 bridgehead atoms. The van der Waals surface area contributed by atoms with Crippen molar-refractivity contribution in [2.24, 2.45) is 5.92 Å². The van der Waals surface area contributed by atoms with E-state index in [1.165, 1.54) is 6.92 Å². The summed E-state index contributed by atoms with van der Waals surface area (Å²) in [7, 11) is 1.61. The van der Waals surface area contributed by atoms with Crippen molar-refractivity contribution in [2.45, 2.75) is 26.2 Å². The van der Waals surface area contributed by atoms with Crippen LogP contribution in [0.25, 0.3) is 0 Å². The van der Waals surface area contributed by atoms with Gasteiger partial charge in [0.25, 0.3) is 0 Å². The largest absolute Gasteiger partial charge is 0.383 e. The lowest BCUT2D eigenvalue weighted by Gasteiger charge is -2.25. The first kappa shape index (κ1) is 14.0. The van der Waals surface area contributed by atoms with E-state index >= 15 is 0 Å². The van der Waals surface area contributed by atoms with Gasteiger partial charge in [0, 0.05) is 39.6 Å². The van der Waals surface area contributed by atoms with Crippen molar-refractivity contribution in [1.29, 1.82) is 0 Å². The normalized spacial score (nSPS) is 15.2. The Hall–Kier alpha value is -1.10. The molecule has 0 aromatic heterocycles. The van der Waals surface area contributed by atoms with Gasteiger partial charge in [-0.25, -0.2) is 0 Å². The van der Waals surface area contributed by atoms with Crippen molar-refractivity contribution in [2.75, 3.05) is 33.4 Å². The third kappa shape index (κ3) is 4.73. The van der Waals surface area contributed by atoms with E-state index in [0.717, 1.165) is 19.3 Å². The number of nitrogens with one attached hydrogen (secondary N) is 1. The third-order valence-electron chi connectivity index (χ3n) is 3.17. The average Bonchev–Trinajstić information content (AvgIpc) is 2.20. The summed E-state index contributed by atoms with van der Waals surface area (Å²) in [5, 5.41) is 2.87. The third-order valence-corrected chi connectivity index (χ3v) is 3.17. The maximum Gasteiger partial charge on any atom is 0.223 e. The van der Waals surface area contributed by atoms with E-state index in [1.54, 1.807) is 12.0 Å². The molecule has 0 aliphatic heterocycles. The standard InChI is InChI=1S/C12H22N2O3/c1-10(15)14(8-9-17-2)7-6-13-12(16)11-4-3-5-11/h11H,3-9H2,1-2H3,(H,13,16). The summed E-state index contributed by atoms with van der Waals surface area (Å²) in [6.07, 6.45) is 3.17. The van der Waals surface area contributed by atoms with E-state index in [1.807, 2.05) is 0 Å². The lowest BCUT2D eigenvalue weighted by Crippen LogP contribution is -2.41. The fraction of sp³-hybridized carbons (Fsp3) is 0.833. The molecule has 2 amide bonds. The number of amides is 2. The number of rotatable bonds is 7. The summed E-state index contributed by atoms with van der Waals surface area (Å²) >= 11 is 0. The van der Waals surface area contributed by atoms with Gasteiger partial charge in [-0.15, -0.1) is 0 Å². The number of hydrogen-bond donors (Lipinski definition) is 1. The highest BCUT2D eigenvalue weighted by atomic mass is 16.5. The van der Waals surface area contributed by atoms with Crippen LogP contribution in [-0.2, 0) is 14.3 Å². The minimum atomic E-state index is 0.0138. The SMILES string of the molecule is COCCN(CCNC(=O)C1CCC1)C(C)=O. The van der Waals surface area contributed by atoms with Gasteiger partial charge in [0.15, 0.2) is 0 Å². The van der Waals surface area contributed by atoms with E-state index in [-0.39, 0.29) is 17.7 Å². The molecule has 1 N–H and O–H groups in total. The van der Waals surface area contributed by atoms with Gasteiger partial charge in [-0.2, -0.15) is 0 Å². The van der Waals surface area contributed by atoms with Crippen LogP contribution < -0.4 is 5.32 Å². The summed E-state index contributed by atoms with van der Waals surface area (Å²) in [5.41, 5.74) is 0. The number of carbonyl (C=O) groups excluding carboxylic acids is 2. The number of ether oxygens (including phenoxy) is 1. The van der Waals surface area contributed by atoms with Gasteiger partial charge in [0.05, 0.1) is 6.61 Å². The highest BCUT2D eigenvalue weighted by molar-refractivity contribution is 5.79. The monoisotopic (exact) mass is 242 g/mol. The summed E-state index contributed by atoms with van der Waals surface area (Å²) < 4.78 is 4.93. The zero-order valence-electron chi connectivity index (χ0n) is 10.7. The zero-order valence-corrected chi connectivity index (χ0v) is 10.7. The molecule has 1 fully saturated rings. The van der Waals surface area contributed by atoms with Gasteiger partial charge in [-0.05, 0) is 12.8 Å². The van der Waals surface area contributed by atoms with Crippen LogP contribution in [0.3, 0.4) is 0 Å². The van der Waals surface area contributed by atoms with Gasteiger partial charge >= 0.3 is 0 Å². The van der Waals surface area contributed by atoms with Crippen molar-refractivity contribution < 1.29 is 14.3 Å². The van der Waals surface area contributed by atoms with Gasteiger partial charge in [0.2, 0.25) is 11.8 Å². The molecular weight excluding hydrogens is 220 g/mol. The van der Waals surface area contributed by atoms with Gasteiger partial charge in [-0.1, -0.05) is 6.42 Å². The molecule has 1 aliphatic carbocycles. The first-order valence-electron chi connectivity index (χ1n) is 6.17. The molecule has 0 saturated heterocycles. The minimum absolute atomic E-state index is 0.0138. The average molecular weight is 242 g/mol. The first-order valence-corrected chi connectivity index (χ1v) is 6.17. The van der Waals surface area contributed by atoms with Crippen molar-refractivity contribution in [3.63, 3.8) is 0 Å². The molecule has 0 atom stereocenters. The Bertz CT molecular complexity index is 264. The Morgan fingerprint density at radius 3 is 2.53 bits per heavy atom. The highest BCUT2D eigenvalue weighted by Gasteiger charge is 2.24. The Labute approximate surface area is 102 Å². The molecule has 98 valence electrons. The summed E-state index contributed by atoms with van der Waals surface area (Å²) in [4.78, 5) is 24.5. The van der Waals surface area contributed by atoms with E-state index in [2.05, 4.69) is 5.32 Å². The van der Waals surface area contributed by atoms with Crippen LogP contribution in [0.2, 0.25) is 0 Å². The molecule has 0 aromatic rings. The molecule has 0 spiro atoms. The van der Waals surface area contributed by atoms with E-state index < -0.39 is 0 Å². The smallest absolute Gasteiger partial charge is 0.223 e. The van der Waals surface area contributed by atoms with E-state index in [0.29, 0.717) is 26.2 Å². The number of hydrogen-bond acceptors (Lipinski definition) is 3. The molecule has 0 unspecified atom stereocenters. The summed E-state index contributed by atoms with van der Waals surface area (Å²) in [6, 6.07) is 0. The minimum Gasteiger partial charge on any atom is -0.383 e. The van der Waals surface area contributed by atoms with Gasteiger partial charge in [0.1, 0.15) is 0 Å². The van der Waals surface area contributed by atoms with Crippen LogP contribution in [0.5, 0.6) is 0 Å². The van der Waals surface area contributed by atoms with Crippen molar-refractivity contribution in [1.82, 2.24) is 10.2 Å². The Balaban J connectivity index is 2.16. The Morgan fingerprint density at radius 1 is 1.35 bits per heavy atom. The first-order chi connectivity index (χ1) is 8.15. The summed E-state index contributed by atoms with van der Waals surface area (Å²) in [5.74, 6) is 0.353. The lowest BCUT2D eigenvalue weighted by atomic mass is 9.85. The van der Waals surface area contributed by atoms with Crippen LogP contribution in [0.4, 0.5) is 0 Å². The molecule has 1 aliphatic rings. The molecule has 0 aromatic carbocycles. The maximum absolute atomic E-state index is 11.6. The summed E-state index contributed by atoms with van der Waals surface area (Å²) in [6.45, 7) is 3.71. The quantitative estimate of drug-likeness (QED) is 0.703. The Kier molecular flexibility index (Phi) is 5.97. The van der Waals surface area contributed by atoms with Crippen LogP contribution in [-0.4, -0.2) is 50.1 Å². The number of nitrogens with zero attached hydrogens (tertiary/aromatic N) is 1. The molecule has 1 rings (SSSR count). The fourth-order valence-electron chi connectivity index (χ4n) is 1.76. The Morgan fingerprint density at radius 2 is 2.06 bits per heavy atom. The van der Waals surface area contributed by atoms with E-state index in [9.17, 15) is 9.59 Å². The molecule has 5 nitrogen and oxygen atoms in total. The second-order valence-electron chi connectivity index (χ2n) is 4.42. The van der Waals surface area contributed by atoms with Crippen molar-refractivity contribution >= 4 is 11.8 Å². The maximum atomic E-state index is 11.6. The van der Waals surface area contributed by atoms with Crippen LogP contribution in [0, 0.1) is 5.92 Å². The van der Waals surface area contributed by atoms with E-state index in [4.69, 9.17) is 4.74 Å². The molecule has 0 radical (unpaired) electrons. The van der Waals surface area contributed by atoms with Crippen LogP contribution >= 0.6 is 0 Å². The van der Waals surface area contributed by atoms with Crippen molar-refractivity contribution in [3.8, 4) is 0 Å². The number of methoxy groups -OCH3 is 1. The lowest BCUT2D eigenvalue weighted by molar-refractivity contribution is -0.131.